The molecule has 0 aliphatic rings. The minimum absolute atomic E-state index is 0.312. The maximum Gasteiger partial charge on any atom is 0.139 e. The van der Waals surface area contributed by atoms with Crippen LogP contribution in [0.5, 0.6) is 0 Å². The predicted octanol–water partition coefficient (Wildman–Crippen LogP) is 3.62. The molecule has 1 aromatic heterocycles. The molecule has 100 valence electrons. The van der Waals surface area contributed by atoms with Crippen molar-refractivity contribution in [3.05, 3.63) is 40.9 Å². The molecule has 0 atom stereocenters. The van der Waals surface area contributed by atoms with E-state index in [1.165, 1.54) is 18.5 Å². The highest BCUT2D eigenvalue weighted by Gasteiger charge is 2.10. The molecule has 2 N–H and O–H groups in total. The average molecular weight is 281 g/mol. The Morgan fingerprint density at radius 1 is 1.26 bits per heavy atom. The summed E-state index contributed by atoms with van der Waals surface area (Å²) in [6.45, 7) is 2.01. The second kappa shape index (κ2) is 5.84. The van der Waals surface area contributed by atoms with Crippen LogP contribution in [0.15, 0.2) is 24.5 Å². The van der Waals surface area contributed by atoms with Gasteiger partial charge in [-0.1, -0.05) is 18.5 Å². The molecule has 2 rings (SSSR count). The predicted molar refractivity (Wildman–Crippen MR) is 75.6 cm³/mol. The van der Waals surface area contributed by atoms with Gasteiger partial charge in [-0.15, -0.1) is 0 Å². The monoisotopic (exact) mass is 280 g/mol. The number of halogens is 2. The molecular formula is C13H14ClFN4. The van der Waals surface area contributed by atoms with E-state index in [1.807, 2.05) is 6.92 Å². The van der Waals surface area contributed by atoms with E-state index in [9.17, 15) is 4.39 Å². The first-order valence-electron chi connectivity index (χ1n) is 5.89. The molecular weight excluding hydrogens is 267 g/mol. The summed E-state index contributed by atoms with van der Waals surface area (Å²) >= 11 is 5.99. The summed E-state index contributed by atoms with van der Waals surface area (Å²) in [5.41, 5.74) is 1.56. The van der Waals surface area contributed by atoms with Crippen LogP contribution in [0, 0.1) is 5.82 Å². The maximum absolute atomic E-state index is 13.0. The number of nitrogens with zero attached hydrogens (tertiary/aromatic N) is 2. The summed E-state index contributed by atoms with van der Waals surface area (Å²) in [6, 6.07) is 4.19. The molecule has 0 amide bonds. The summed E-state index contributed by atoms with van der Waals surface area (Å²) in [5, 5.41) is 6.43. The van der Waals surface area contributed by atoms with Gasteiger partial charge in [0.25, 0.3) is 0 Å². The van der Waals surface area contributed by atoms with Crippen LogP contribution in [0.25, 0.3) is 0 Å². The summed E-state index contributed by atoms with van der Waals surface area (Å²) in [7, 11) is 1.80. The summed E-state index contributed by atoms with van der Waals surface area (Å²) < 4.78 is 13.0. The van der Waals surface area contributed by atoms with Crippen LogP contribution < -0.4 is 10.6 Å². The van der Waals surface area contributed by atoms with Crippen LogP contribution in [0.3, 0.4) is 0 Å². The van der Waals surface area contributed by atoms with Crippen molar-refractivity contribution in [1.82, 2.24) is 9.97 Å². The normalized spacial score (nSPS) is 10.3. The van der Waals surface area contributed by atoms with Gasteiger partial charge in [0.1, 0.15) is 23.8 Å². The zero-order valence-electron chi connectivity index (χ0n) is 10.7. The zero-order chi connectivity index (χ0) is 13.8. The van der Waals surface area contributed by atoms with Crippen molar-refractivity contribution < 1.29 is 4.39 Å². The minimum Gasteiger partial charge on any atom is -0.373 e. The summed E-state index contributed by atoms with van der Waals surface area (Å²) in [6.07, 6.45) is 2.23. The second-order valence-corrected chi connectivity index (χ2v) is 4.31. The fourth-order valence-corrected chi connectivity index (χ4v) is 2.00. The summed E-state index contributed by atoms with van der Waals surface area (Å²) in [4.78, 5) is 8.35. The molecule has 0 aliphatic heterocycles. The first kappa shape index (κ1) is 13.5. The van der Waals surface area contributed by atoms with Gasteiger partial charge in [-0.3, -0.25) is 0 Å². The Morgan fingerprint density at radius 3 is 2.63 bits per heavy atom. The average Bonchev–Trinajstić information content (AvgIpc) is 2.41. The third kappa shape index (κ3) is 2.93. The van der Waals surface area contributed by atoms with E-state index in [4.69, 9.17) is 11.6 Å². The Morgan fingerprint density at radius 2 is 2.00 bits per heavy atom. The largest absolute Gasteiger partial charge is 0.373 e. The van der Waals surface area contributed by atoms with Gasteiger partial charge < -0.3 is 10.6 Å². The van der Waals surface area contributed by atoms with E-state index in [-0.39, 0.29) is 5.82 Å². The van der Waals surface area contributed by atoms with Crippen molar-refractivity contribution in [2.45, 2.75) is 13.3 Å². The Bertz CT molecular complexity index is 589. The summed E-state index contributed by atoms with van der Waals surface area (Å²) in [5.74, 6) is 1.05. The molecule has 19 heavy (non-hydrogen) atoms. The van der Waals surface area contributed by atoms with Crippen LogP contribution in [0.1, 0.15) is 12.5 Å². The van der Waals surface area contributed by atoms with E-state index < -0.39 is 0 Å². The SMILES string of the molecule is CCc1c(NC)ncnc1Nc1ccc(F)cc1Cl. The highest BCUT2D eigenvalue weighted by Crippen LogP contribution is 2.28. The minimum atomic E-state index is -0.370. The van der Waals surface area contributed by atoms with Gasteiger partial charge in [-0.25, -0.2) is 14.4 Å². The third-order valence-electron chi connectivity index (χ3n) is 2.72. The van der Waals surface area contributed by atoms with E-state index >= 15 is 0 Å². The van der Waals surface area contributed by atoms with E-state index in [2.05, 4.69) is 20.6 Å². The second-order valence-electron chi connectivity index (χ2n) is 3.90. The van der Waals surface area contributed by atoms with E-state index in [0.29, 0.717) is 16.5 Å². The number of hydrogen-bond donors (Lipinski definition) is 2. The van der Waals surface area contributed by atoms with Crippen LogP contribution in [0.4, 0.5) is 21.7 Å². The van der Waals surface area contributed by atoms with Crippen molar-refractivity contribution in [2.24, 2.45) is 0 Å². The Hall–Kier alpha value is -1.88. The molecule has 2 aromatic rings. The smallest absolute Gasteiger partial charge is 0.139 e. The lowest BCUT2D eigenvalue weighted by molar-refractivity contribution is 0.628. The van der Waals surface area contributed by atoms with Crippen molar-refractivity contribution in [3.63, 3.8) is 0 Å². The molecule has 1 aromatic carbocycles. The van der Waals surface area contributed by atoms with Gasteiger partial charge in [0, 0.05) is 12.6 Å². The van der Waals surface area contributed by atoms with Gasteiger partial charge in [-0.2, -0.15) is 0 Å². The first-order valence-corrected chi connectivity index (χ1v) is 6.27. The molecule has 0 fully saturated rings. The zero-order valence-corrected chi connectivity index (χ0v) is 11.4. The number of aromatic nitrogens is 2. The van der Waals surface area contributed by atoms with Crippen LogP contribution in [-0.4, -0.2) is 17.0 Å². The molecule has 0 spiro atoms. The quantitative estimate of drug-likeness (QED) is 0.898. The van der Waals surface area contributed by atoms with Crippen LogP contribution in [0.2, 0.25) is 5.02 Å². The topological polar surface area (TPSA) is 49.8 Å². The Balaban J connectivity index is 2.37. The van der Waals surface area contributed by atoms with Crippen molar-refractivity contribution in [2.75, 3.05) is 17.7 Å². The molecule has 0 saturated heterocycles. The highest BCUT2D eigenvalue weighted by molar-refractivity contribution is 6.33. The van der Waals surface area contributed by atoms with Crippen molar-refractivity contribution in [1.29, 1.82) is 0 Å². The van der Waals surface area contributed by atoms with Crippen molar-refractivity contribution >= 4 is 28.9 Å². The lowest BCUT2D eigenvalue weighted by atomic mass is 10.2. The third-order valence-corrected chi connectivity index (χ3v) is 3.03. The Kier molecular flexibility index (Phi) is 4.16. The molecule has 0 radical (unpaired) electrons. The molecule has 4 nitrogen and oxygen atoms in total. The number of benzene rings is 1. The van der Waals surface area contributed by atoms with Gasteiger partial charge >= 0.3 is 0 Å². The fraction of sp³-hybridized carbons (Fsp3) is 0.231. The van der Waals surface area contributed by atoms with Gasteiger partial charge in [0.15, 0.2) is 0 Å². The fourth-order valence-electron chi connectivity index (χ4n) is 1.79. The first-order chi connectivity index (χ1) is 9.15. The Labute approximate surface area is 116 Å². The van der Waals surface area contributed by atoms with Crippen LogP contribution in [-0.2, 0) is 6.42 Å². The number of hydrogen-bond acceptors (Lipinski definition) is 4. The maximum atomic E-state index is 13.0. The van der Waals surface area contributed by atoms with Crippen molar-refractivity contribution in [3.8, 4) is 0 Å². The lowest BCUT2D eigenvalue weighted by Gasteiger charge is -2.13. The lowest BCUT2D eigenvalue weighted by Crippen LogP contribution is -2.05. The number of rotatable bonds is 4. The molecule has 0 saturated carbocycles. The molecule has 6 heteroatoms. The van der Waals surface area contributed by atoms with Gasteiger partial charge in [0.05, 0.1) is 10.7 Å². The molecule has 1 heterocycles. The number of anilines is 3. The highest BCUT2D eigenvalue weighted by atomic mass is 35.5. The van der Waals surface area contributed by atoms with Gasteiger partial charge in [0.2, 0.25) is 0 Å². The standard InChI is InChI=1S/C13H14ClFN4/c1-3-9-12(16-2)17-7-18-13(9)19-11-5-4-8(15)6-10(11)14/h4-7H,3H2,1-2H3,(H2,16,17,18,19). The number of nitrogens with one attached hydrogen (secondary N) is 2. The van der Waals surface area contributed by atoms with E-state index in [0.717, 1.165) is 17.8 Å². The molecule has 0 unspecified atom stereocenters. The van der Waals surface area contributed by atoms with Gasteiger partial charge in [-0.05, 0) is 24.6 Å². The van der Waals surface area contributed by atoms with E-state index in [1.54, 1.807) is 13.1 Å². The molecule has 0 aliphatic carbocycles. The molecule has 0 bridgehead atoms. The van der Waals surface area contributed by atoms with Crippen LogP contribution >= 0.6 is 11.6 Å².